The molecule has 3 aromatic rings. The molecule has 1 heterocycles. The van der Waals surface area contributed by atoms with E-state index in [1.807, 2.05) is 49.4 Å². The molecule has 5 nitrogen and oxygen atoms in total. The largest absolute Gasteiger partial charge is 0.365 e. The van der Waals surface area contributed by atoms with Gasteiger partial charge in [-0.1, -0.05) is 72.9 Å². The minimum atomic E-state index is -0.549. The first-order chi connectivity index (χ1) is 12.6. The summed E-state index contributed by atoms with van der Waals surface area (Å²) in [6, 6.07) is 18.1. The lowest BCUT2D eigenvalue weighted by molar-refractivity contribution is -0.117. The first kappa shape index (κ1) is 17.8. The maximum atomic E-state index is 12.6. The third-order valence-electron chi connectivity index (χ3n) is 4.12. The Morgan fingerprint density at radius 1 is 1.08 bits per heavy atom. The lowest BCUT2D eigenvalue weighted by Gasteiger charge is -2.15. The van der Waals surface area contributed by atoms with Gasteiger partial charge in [0.2, 0.25) is 5.91 Å². The van der Waals surface area contributed by atoms with Gasteiger partial charge in [0, 0.05) is 0 Å². The van der Waals surface area contributed by atoms with Gasteiger partial charge < -0.3 is 11.1 Å². The zero-order valence-electron chi connectivity index (χ0n) is 14.3. The molecule has 1 aromatic heterocycles. The Morgan fingerprint density at radius 2 is 1.73 bits per heavy atom. The van der Waals surface area contributed by atoms with Crippen LogP contribution in [0, 0.1) is 0 Å². The second kappa shape index (κ2) is 7.93. The Hall–Kier alpha value is -2.99. The van der Waals surface area contributed by atoms with E-state index in [9.17, 15) is 9.59 Å². The average Bonchev–Trinajstić information content (AvgIpc) is 3.12. The third kappa shape index (κ3) is 3.97. The lowest BCUT2D eigenvalue weighted by atomic mass is 9.93. The zero-order chi connectivity index (χ0) is 18.5. The molecule has 3 rings (SSSR count). The van der Waals surface area contributed by atoms with Crippen LogP contribution in [0.1, 0.15) is 34.5 Å². The van der Waals surface area contributed by atoms with Crippen LogP contribution >= 0.6 is 11.3 Å². The number of amides is 2. The number of aromatic nitrogens is 1. The summed E-state index contributed by atoms with van der Waals surface area (Å²) >= 11 is 1.07. The molecule has 132 valence electrons. The van der Waals surface area contributed by atoms with Crippen LogP contribution in [0.3, 0.4) is 0 Å². The molecule has 0 saturated carbocycles. The topological polar surface area (TPSA) is 85.1 Å². The minimum Gasteiger partial charge on any atom is -0.365 e. The van der Waals surface area contributed by atoms with Gasteiger partial charge in [-0.2, -0.15) is 0 Å². The van der Waals surface area contributed by atoms with Crippen LogP contribution in [0.15, 0.2) is 60.8 Å². The SMILES string of the molecule is CCC(C(=O)Nc1ncc(C(N)=O)s1)c1ccc(-c2ccccc2)cc1. The number of nitrogens with zero attached hydrogens (tertiary/aromatic N) is 1. The van der Waals surface area contributed by atoms with Crippen LogP contribution in [0.4, 0.5) is 5.13 Å². The number of anilines is 1. The fourth-order valence-electron chi connectivity index (χ4n) is 2.75. The highest BCUT2D eigenvalue weighted by Crippen LogP contribution is 2.26. The standard InChI is InChI=1S/C20H19N3O2S/c1-2-16(19(25)23-20-22-12-17(26-20)18(21)24)15-10-8-14(9-11-15)13-6-4-3-5-7-13/h3-12,16H,2H2,1H3,(H2,21,24)(H,22,23,25). The highest BCUT2D eigenvalue weighted by atomic mass is 32.1. The van der Waals surface area contributed by atoms with Crippen LogP contribution in [-0.4, -0.2) is 16.8 Å². The predicted octanol–water partition coefficient (Wildman–Crippen LogP) is 4.04. The van der Waals surface area contributed by atoms with E-state index in [4.69, 9.17) is 5.73 Å². The van der Waals surface area contributed by atoms with E-state index < -0.39 is 5.91 Å². The Labute approximate surface area is 155 Å². The van der Waals surface area contributed by atoms with E-state index >= 15 is 0 Å². The first-order valence-corrected chi connectivity index (χ1v) is 9.12. The Bertz CT molecular complexity index is 904. The second-order valence-electron chi connectivity index (χ2n) is 5.83. The molecule has 2 amide bonds. The van der Waals surface area contributed by atoms with Gasteiger partial charge in [-0.3, -0.25) is 9.59 Å². The molecule has 1 unspecified atom stereocenters. The first-order valence-electron chi connectivity index (χ1n) is 8.30. The molecule has 0 radical (unpaired) electrons. The van der Waals surface area contributed by atoms with Crippen molar-refractivity contribution in [2.24, 2.45) is 5.73 Å². The molecule has 2 aromatic carbocycles. The summed E-state index contributed by atoms with van der Waals surface area (Å²) in [5.74, 6) is -0.988. The van der Waals surface area contributed by atoms with Gasteiger partial charge in [0.15, 0.2) is 5.13 Å². The molecule has 0 aliphatic carbocycles. The molecule has 0 aliphatic heterocycles. The number of hydrogen-bond acceptors (Lipinski definition) is 4. The second-order valence-corrected chi connectivity index (χ2v) is 6.86. The van der Waals surface area contributed by atoms with Crippen LogP contribution < -0.4 is 11.1 Å². The van der Waals surface area contributed by atoms with E-state index in [1.165, 1.54) is 6.20 Å². The number of thiazole rings is 1. The average molecular weight is 365 g/mol. The maximum Gasteiger partial charge on any atom is 0.260 e. The summed E-state index contributed by atoms with van der Waals surface area (Å²) in [4.78, 5) is 28.1. The molecule has 6 heteroatoms. The smallest absolute Gasteiger partial charge is 0.260 e. The van der Waals surface area contributed by atoms with Gasteiger partial charge in [0.1, 0.15) is 4.88 Å². The summed E-state index contributed by atoms with van der Waals surface area (Å²) in [7, 11) is 0. The number of carbonyl (C=O) groups excluding carboxylic acids is 2. The summed E-state index contributed by atoms with van der Waals surface area (Å²) in [5.41, 5.74) is 8.40. The Balaban J connectivity index is 1.75. The van der Waals surface area contributed by atoms with Gasteiger partial charge in [0.25, 0.3) is 5.91 Å². The van der Waals surface area contributed by atoms with E-state index in [2.05, 4.69) is 22.4 Å². The number of benzene rings is 2. The van der Waals surface area contributed by atoms with Crippen LogP contribution in [0.2, 0.25) is 0 Å². The van der Waals surface area contributed by atoms with Crippen molar-refractivity contribution in [2.45, 2.75) is 19.3 Å². The molecule has 26 heavy (non-hydrogen) atoms. The monoisotopic (exact) mass is 365 g/mol. The van der Waals surface area contributed by atoms with Gasteiger partial charge in [-0.15, -0.1) is 0 Å². The van der Waals surface area contributed by atoms with Crippen molar-refractivity contribution in [1.82, 2.24) is 4.98 Å². The fourth-order valence-corrected chi connectivity index (χ4v) is 3.42. The van der Waals surface area contributed by atoms with Crippen molar-refractivity contribution in [3.8, 4) is 11.1 Å². The van der Waals surface area contributed by atoms with Crippen LogP contribution in [0.25, 0.3) is 11.1 Å². The normalized spacial score (nSPS) is 11.7. The van der Waals surface area contributed by atoms with E-state index in [-0.39, 0.29) is 11.8 Å². The molecule has 3 N–H and O–H groups in total. The third-order valence-corrected chi connectivity index (χ3v) is 5.05. The molecular formula is C20H19N3O2S. The van der Waals surface area contributed by atoms with E-state index in [0.717, 1.165) is 28.0 Å². The highest BCUT2D eigenvalue weighted by molar-refractivity contribution is 7.17. The van der Waals surface area contributed by atoms with Crippen molar-refractivity contribution < 1.29 is 9.59 Å². The van der Waals surface area contributed by atoms with E-state index in [1.54, 1.807) is 0 Å². The molecular weight excluding hydrogens is 346 g/mol. The summed E-state index contributed by atoms with van der Waals surface area (Å²) in [6.45, 7) is 1.96. The summed E-state index contributed by atoms with van der Waals surface area (Å²) < 4.78 is 0. The van der Waals surface area contributed by atoms with Crippen molar-refractivity contribution in [1.29, 1.82) is 0 Å². The van der Waals surface area contributed by atoms with Crippen molar-refractivity contribution in [3.05, 3.63) is 71.2 Å². The van der Waals surface area contributed by atoms with Crippen molar-refractivity contribution >= 4 is 28.3 Å². The zero-order valence-corrected chi connectivity index (χ0v) is 15.1. The molecule has 0 spiro atoms. The number of hydrogen-bond donors (Lipinski definition) is 2. The van der Waals surface area contributed by atoms with Crippen molar-refractivity contribution in [3.63, 3.8) is 0 Å². The van der Waals surface area contributed by atoms with Gasteiger partial charge in [0.05, 0.1) is 12.1 Å². The van der Waals surface area contributed by atoms with Gasteiger partial charge >= 0.3 is 0 Å². The number of rotatable bonds is 6. The van der Waals surface area contributed by atoms with Crippen LogP contribution in [-0.2, 0) is 4.79 Å². The number of nitrogens with one attached hydrogen (secondary N) is 1. The molecule has 0 fully saturated rings. The minimum absolute atomic E-state index is 0.148. The number of nitrogens with two attached hydrogens (primary N) is 1. The summed E-state index contributed by atoms with van der Waals surface area (Å²) in [6.07, 6.45) is 2.03. The number of primary amides is 1. The van der Waals surface area contributed by atoms with E-state index in [0.29, 0.717) is 16.4 Å². The molecule has 0 bridgehead atoms. The Kier molecular flexibility index (Phi) is 5.43. The maximum absolute atomic E-state index is 12.6. The van der Waals surface area contributed by atoms with Gasteiger partial charge in [-0.05, 0) is 23.1 Å². The molecule has 1 atom stereocenters. The quantitative estimate of drug-likeness (QED) is 0.691. The lowest BCUT2D eigenvalue weighted by Crippen LogP contribution is -2.20. The molecule has 0 saturated heterocycles. The predicted molar refractivity (Wildman–Crippen MR) is 104 cm³/mol. The Morgan fingerprint density at radius 3 is 2.31 bits per heavy atom. The molecule has 0 aliphatic rings. The number of carbonyl (C=O) groups is 2. The highest BCUT2D eigenvalue weighted by Gasteiger charge is 2.20. The van der Waals surface area contributed by atoms with Crippen LogP contribution in [0.5, 0.6) is 0 Å². The van der Waals surface area contributed by atoms with Gasteiger partial charge in [-0.25, -0.2) is 4.98 Å². The summed E-state index contributed by atoms with van der Waals surface area (Å²) in [5, 5.41) is 3.15. The van der Waals surface area contributed by atoms with Crippen molar-refractivity contribution in [2.75, 3.05) is 5.32 Å². The fraction of sp³-hybridized carbons (Fsp3) is 0.150.